The predicted octanol–water partition coefficient (Wildman–Crippen LogP) is 5.57. The number of benzene rings is 1. The van der Waals surface area contributed by atoms with Crippen LogP contribution in [-0.2, 0) is 12.8 Å². The highest BCUT2D eigenvalue weighted by Gasteiger charge is 2.30. The first-order chi connectivity index (χ1) is 13.5. The lowest BCUT2D eigenvalue weighted by Gasteiger charge is -2.32. The van der Waals surface area contributed by atoms with Gasteiger partial charge < -0.3 is 14.7 Å². The van der Waals surface area contributed by atoms with E-state index in [9.17, 15) is 9.90 Å². The quantitative estimate of drug-likeness (QED) is 0.682. The minimum Gasteiger partial charge on any atom is -0.449 e. The average Bonchev–Trinajstić information content (AvgIpc) is 2.67. The van der Waals surface area contributed by atoms with Crippen molar-refractivity contribution < 1.29 is 14.6 Å². The number of hydrogen-bond acceptors (Lipinski definition) is 4. The van der Waals surface area contributed by atoms with E-state index in [0.717, 1.165) is 67.6 Å². The van der Waals surface area contributed by atoms with Crippen LogP contribution in [0, 0.1) is 5.92 Å². The number of carbonyl (C=O) groups is 1. The lowest BCUT2D eigenvalue weighted by molar-refractivity contribution is 0.144. The second kappa shape index (κ2) is 8.00. The third-order valence-corrected chi connectivity index (χ3v) is 5.94. The Kier molecular flexibility index (Phi) is 5.44. The molecule has 2 aliphatic rings. The number of carboxylic acid groups (broad SMARTS) is 1. The van der Waals surface area contributed by atoms with Crippen molar-refractivity contribution in [2.75, 3.05) is 18.0 Å². The van der Waals surface area contributed by atoms with Crippen LogP contribution in [0.25, 0.3) is 11.1 Å². The van der Waals surface area contributed by atoms with E-state index in [0.29, 0.717) is 22.5 Å². The summed E-state index contributed by atoms with van der Waals surface area (Å²) in [5.41, 5.74) is 3.88. The second-order valence-corrected chi connectivity index (χ2v) is 8.28. The summed E-state index contributed by atoms with van der Waals surface area (Å²) in [6.45, 7) is 3.96. The molecule has 4 rings (SSSR count). The van der Waals surface area contributed by atoms with Gasteiger partial charge in [0.25, 0.3) is 0 Å². The third kappa shape index (κ3) is 3.81. The maximum atomic E-state index is 11.6. The number of ether oxygens (including phenoxy) is 1. The van der Waals surface area contributed by atoms with Gasteiger partial charge in [-0.2, -0.15) is 0 Å². The number of pyridine rings is 1. The molecule has 1 aromatic carbocycles. The van der Waals surface area contributed by atoms with E-state index in [1.54, 1.807) is 0 Å². The number of hydrogen-bond donors (Lipinski definition) is 1. The van der Waals surface area contributed by atoms with Crippen molar-refractivity contribution in [3.63, 3.8) is 0 Å². The Morgan fingerprint density at radius 1 is 1.29 bits per heavy atom. The number of piperidine rings is 1. The number of halogens is 1. The van der Waals surface area contributed by atoms with Crippen LogP contribution in [0.1, 0.15) is 43.9 Å². The molecule has 1 atom stereocenters. The first kappa shape index (κ1) is 19.1. The van der Waals surface area contributed by atoms with Crippen molar-refractivity contribution in [1.29, 1.82) is 0 Å². The molecule has 6 heteroatoms. The zero-order valence-electron chi connectivity index (χ0n) is 16.1. The summed E-state index contributed by atoms with van der Waals surface area (Å²) in [5, 5.41) is 10.1. The smallest absolute Gasteiger partial charge is 0.449 e. The van der Waals surface area contributed by atoms with Gasteiger partial charge in [0.15, 0.2) is 11.6 Å². The molecule has 1 aromatic heterocycles. The lowest BCUT2D eigenvalue weighted by atomic mass is 9.83. The minimum absolute atomic E-state index is 0.351. The standard InChI is InChI=1S/C22H25ClN2O3/c1-14-8-9-18-17(12-14)19(15-6-5-7-16(23)13-15)20(28-22(26)27)21(24-18)25-10-3-2-4-11-25/h5-7,13-14H,2-4,8-12H2,1H3,(H,26,27). The molecule has 2 heterocycles. The molecule has 1 N–H and O–H groups in total. The van der Waals surface area contributed by atoms with Gasteiger partial charge in [-0.15, -0.1) is 0 Å². The maximum absolute atomic E-state index is 11.6. The van der Waals surface area contributed by atoms with Crippen molar-refractivity contribution in [1.82, 2.24) is 4.98 Å². The van der Waals surface area contributed by atoms with Crippen molar-refractivity contribution >= 4 is 23.6 Å². The molecule has 1 aliphatic carbocycles. The summed E-state index contributed by atoms with van der Waals surface area (Å²) in [4.78, 5) is 18.7. The highest BCUT2D eigenvalue weighted by atomic mass is 35.5. The van der Waals surface area contributed by atoms with Crippen LogP contribution in [0.15, 0.2) is 24.3 Å². The van der Waals surface area contributed by atoms with Gasteiger partial charge in [-0.05, 0) is 67.7 Å². The van der Waals surface area contributed by atoms with Gasteiger partial charge in [0.05, 0.1) is 0 Å². The summed E-state index contributed by atoms with van der Waals surface area (Å²) in [6.07, 6.45) is 4.89. The Morgan fingerprint density at radius 3 is 2.79 bits per heavy atom. The van der Waals surface area contributed by atoms with Gasteiger partial charge in [0.1, 0.15) is 0 Å². The van der Waals surface area contributed by atoms with Crippen molar-refractivity contribution in [2.24, 2.45) is 5.92 Å². The van der Waals surface area contributed by atoms with E-state index in [1.165, 1.54) is 6.42 Å². The van der Waals surface area contributed by atoms with Crippen LogP contribution in [0.3, 0.4) is 0 Å². The Hall–Kier alpha value is -2.27. The lowest BCUT2D eigenvalue weighted by Crippen LogP contribution is -2.32. The molecule has 1 saturated heterocycles. The first-order valence-electron chi connectivity index (χ1n) is 10.0. The Morgan fingerprint density at radius 2 is 2.07 bits per heavy atom. The number of rotatable bonds is 3. The van der Waals surface area contributed by atoms with E-state index in [2.05, 4.69) is 11.8 Å². The molecule has 1 aliphatic heterocycles. The summed E-state index contributed by atoms with van der Waals surface area (Å²) < 4.78 is 5.39. The fraction of sp³-hybridized carbons (Fsp3) is 0.455. The number of fused-ring (bicyclic) bond motifs is 1. The molecule has 148 valence electrons. The summed E-state index contributed by atoms with van der Waals surface area (Å²) in [5.74, 6) is 1.53. The molecule has 2 aromatic rings. The summed E-state index contributed by atoms with van der Waals surface area (Å²) in [6, 6.07) is 7.56. The monoisotopic (exact) mass is 400 g/mol. The molecule has 0 saturated carbocycles. The van der Waals surface area contributed by atoms with Gasteiger partial charge in [0, 0.05) is 29.4 Å². The summed E-state index contributed by atoms with van der Waals surface area (Å²) in [7, 11) is 0. The van der Waals surface area contributed by atoms with E-state index >= 15 is 0 Å². The van der Waals surface area contributed by atoms with Gasteiger partial charge in [0.2, 0.25) is 0 Å². The molecule has 1 unspecified atom stereocenters. The number of aromatic nitrogens is 1. The Balaban J connectivity index is 1.97. The van der Waals surface area contributed by atoms with Crippen LogP contribution < -0.4 is 9.64 Å². The molecular formula is C22H25ClN2O3. The largest absolute Gasteiger partial charge is 0.511 e. The predicted molar refractivity (Wildman–Crippen MR) is 111 cm³/mol. The molecule has 0 bridgehead atoms. The molecule has 1 fully saturated rings. The topological polar surface area (TPSA) is 62.7 Å². The molecule has 5 nitrogen and oxygen atoms in total. The van der Waals surface area contributed by atoms with Crippen LogP contribution in [0.5, 0.6) is 5.75 Å². The highest BCUT2D eigenvalue weighted by Crippen LogP contribution is 2.45. The molecule has 0 spiro atoms. The van der Waals surface area contributed by atoms with E-state index in [-0.39, 0.29) is 0 Å². The number of nitrogens with zero attached hydrogens (tertiary/aromatic N) is 2. The minimum atomic E-state index is -1.31. The Labute approximate surface area is 170 Å². The molecular weight excluding hydrogens is 376 g/mol. The van der Waals surface area contributed by atoms with Gasteiger partial charge in [-0.25, -0.2) is 9.78 Å². The molecule has 0 radical (unpaired) electrons. The normalized spacial score (nSPS) is 19.2. The second-order valence-electron chi connectivity index (χ2n) is 7.84. The van der Waals surface area contributed by atoms with Crippen molar-refractivity contribution in [3.05, 3.63) is 40.5 Å². The van der Waals surface area contributed by atoms with E-state index in [1.807, 2.05) is 24.3 Å². The zero-order chi connectivity index (χ0) is 19.7. The van der Waals surface area contributed by atoms with Crippen LogP contribution >= 0.6 is 11.6 Å². The van der Waals surface area contributed by atoms with E-state index < -0.39 is 6.16 Å². The Bertz CT molecular complexity index is 894. The number of aryl methyl sites for hydroxylation is 1. The van der Waals surface area contributed by atoms with Gasteiger partial charge in [-0.1, -0.05) is 30.7 Å². The third-order valence-electron chi connectivity index (χ3n) is 5.71. The fourth-order valence-corrected chi connectivity index (χ4v) is 4.54. The van der Waals surface area contributed by atoms with Gasteiger partial charge in [-0.3, -0.25) is 0 Å². The highest BCUT2D eigenvalue weighted by molar-refractivity contribution is 6.30. The average molecular weight is 401 g/mol. The first-order valence-corrected chi connectivity index (χ1v) is 10.4. The SMILES string of the molecule is CC1CCc2nc(N3CCCCC3)c(OC(=O)O)c(-c3cccc(Cl)c3)c2C1. The van der Waals surface area contributed by atoms with Crippen molar-refractivity contribution in [3.8, 4) is 16.9 Å². The molecule has 28 heavy (non-hydrogen) atoms. The van der Waals surface area contributed by atoms with E-state index in [4.69, 9.17) is 21.3 Å². The number of anilines is 1. The van der Waals surface area contributed by atoms with Gasteiger partial charge >= 0.3 is 6.16 Å². The van der Waals surface area contributed by atoms with Crippen LogP contribution in [0.2, 0.25) is 5.02 Å². The summed E-state index contributed by atoms with van der Waals surface area (Å²) >= 11 is 6.27. The fourth-order valence-electron chi connectivity index (χ4n) is 4.35. The van der Waals surface area contributed by atoms with Crippen LogP contribution in [0.4, 0.5) is 10.6 Å². The molecule has 0 amide bonds. The maximum Gasteiger partial charge on any atom is 0.511 e. The van der Waals surface area contributed by atoms with Crippen molar-refractivity contribution in [2.45, 2.75) is 45.4 Å². The zero-order valence-corrected chi connectivity index (χ0v) is 16.8. The van der Waals surface area contributed by atoms with Crippen LogP contribution in [-0.4, -0.2) is 29.3 Å².